The summed E-state index contributed by atoms with van der Waals surface area (Å²) in [6.45, 7) is 0. The lowest BCUT2D eigenvalue weighted by Crippen LogP contribution is -2.49. The van der Waals surface area contributed by atoms with Gasteiger partial charge in [-0.1, -0.05) is 31.0 Å². The van der Waals surface area contributed by atoms with E-state index in [9.17, 15) is 9.59 Å². The monoisotopic (exact) mass is 262 g/mol. The number of benzene rings is 1. The van der Waals surface area contributed by atoms with Crippen LogP contribution in [-0.2, 0) is 4.79 Å². The van der Waals surface area contributed by atoms with E-state index in [1.54, 1.807) is 12.1 Å². The van der Waals surface area contributed by atoms with E-state index >= 15 is 0 Å². The maximum absolute atomic E-state index is 11.9. The number of aliphatic carboxylic acids is 1. The molecule has 0 aromatic heterocycles. The average Bonchev–Trinajstić information content (AvgIpc) is 2.77. The Bertz CT molecular complexity index is 453. The lowest BCUT2D eigenvalue weighted by atomic mass is 9.93. The number of urea groups is 1. The Balaban J connectivity index is 1.97. The fourth-order valence-corrected chi connectivity index (χ4v) is 2.61. The number of carboxylic acid groups (broad SMARTS) is 1. The molecule has 0 bridgehead atoms. The molecule has 0 saturated heterocycles. The molecular formula is C14H18N2O3. The first-order valence-corrected chi connectivity index (χ1v) is 6.46. The molecule has 1 aromatic carbocycles. The van der Waals surface area contributed by atoms with E-state index < -0.39 is 11.5 Å². The maximum Gasteiger partial charge on any atom is 0.319 e. The van der Waals surface area contributed by atoms with Crippen LogP contribution >= 0.6 is 0 Å². The van der Waals surface area contributed by atoms with Crippen LogP contribution in [0.25, 0.3) is 0 Å². The van der Waals surface area contributed by atoms with Crippen molar-refractivity contribution < 1.29 is 14.7 Å². The van der Waals surface area contributed by atoms with Crippen molar-refractivity contribution in [1.29, 1.82) is 0 Å². The quantitative estimate of drug-likeness (QED) is 0.780. The topological polar surface area (TPSA) is 78.4 Å². The molecule has 102 valence electrons. The summed E-state index contributed by atoms with van der Waals surface area (Å²) in [5.74, 6) is -0.873. The van der Waals surface area contributed by atoms with Gasteiger partial charge >= 0.3 is 12.0 Å². The van der Waals surface area contributed by atoms with E-state index in [1.807, 2.05) is 18.2 Å². The summed E-state index contributed by atoms with van der Waals surface area (Å²) < 4.78 is 0. The van der Waals surface area contributed by atoms with Crippen molar-refractivity contribution in [3.63, 3.8) is 0 Å². The van der Waals surface area contributed by atoms with Gasteiger partial charge in [-0.15, -0.1) is 0 Å². The van der Waals surface area contributed by atoms with E-state index in [4.69, 9.17) is 5.11 Å². The third kappa shape index (κ3) is 3.71. The number of carbonyl (C=O) groups excluding carboxylic acids is 1. The Labute approximate surface area is 112 Å². The molecule has 0 atom stereocenters. The minimum absolute atomic E-state index is 0.0186. The number of anilines is 1. The standard InChI is InChI=1S/C14H18N2O3/c17-12(18)10-14(8-4-5-9-14)16-13(19)15-11-6-2-1-3-7-11/h1-3,6-7H,4-5,8-10H2,(H,17,18)(H2,15,16,19). The van der Waals surface area contributed by atoms with Gasteiger partial charge in [0.25, 0.3) is 0 Å². The first-order valence-electron chi connectivity index (χ1n) is 6.46. The molecule has 1 aliphatic carbocycles. The number of hydrogen-bond donors (Lipinski definition) is 3. The van der Waals surface area contributed by atoms with Gasteiger partial charge in [-0.3, -0.25) is 4.79 Å². The molecule has 1 aromatic rings. The van der Waals surface area contributed by atoms with Gasteiger partial charge in [-0.05, 0) is 25.0 Å². The van der Waals surface area contributed by atoms with Crippen LogP contribution in [0.1, 0.15) is 32.1 Å². The molecule has 0 spiro atoms. The third-order valence-corrected chi connectivity index (χ3v) is 3.46. The largest absolute Gasteiger partial charge is 0.481 e. The highest BCUT2D eigenvalue weighted by atomic mass is 16.4. The summed E-state index contributed by atoms with van der Waals surface area (Å²) in [6, 6.07) is 8.77. The highest BCUT2D eigenvalue weighted by Crippen LogP contribution is 2.32. The number of nitrogens with one attached hydrogen (secondary N) is 2. The van der Waals surface area contributed by atoms with E-state index in [0.29, 0.717) is 5.69 Å². The summed E-state index contributed by atoms with van der Waals surface area (Å²) >= 11 is 0. The predicted molar refractivity (Wildman–Crippen MR) is 72.0 cm³/mol. The number of hydrogen-bond acceptors (Lipinski definition) is 2. The van der Waals surface area contributed by atoms with Gasteiger partial charge in [0.05, 0.1) is 12.0 Å². The SMILES string of the molecule is O=C(O)CC1(NC(=O)Nc2ccccc2)CCCC1. The lowest BCUT2D eigenvalue weighted by Gasteiger charge is -2.28. The molecule has 0 heterocycles. The van der Waals surface area contributed by atoms with Crippen LogP contribution in [0.4, 0.5) is 10.5 Å². The molecule has 0 aliphatic heterocycles. The smallest absolute Gasteiger partial charge is 0.319 e. The van der Waals surface area contributed by atoms with Crippen LogP contribution < -0.4 is 10.6 Å². The summed E-state index contributed by atoms with van der Waals surface area (Å²) in [7, 11) is 0. The van der Waals surface area contributed by atoms with Crippen molar-refractivity contribution in [1.82, 2.24) is 5.32 Å². The Morgan fingerprint density at radius 3 is 2.37 bits per heavy atom. The average molecular weight is 262 g/mol. The molecule has 2 amide bonds. The zero-order valence-electron chi connectivity index (χ0n) is 10.7. The van der Waals surface area contributed by atoms with Crippen LogP contribution in [0.2, 0.25) is 0 Å². The van der Waals surface area contributed by atoms with Crippen LogP contribution in [0.15, 0.2) is 30.3 Å². The fourth-order valence-electron chi connectivity index (χ4n) is 2.61. The van der Waals surface area contributed by atoms with Crippen molar-refractivity contribution >= 4 is 17.7 Å². The number of amides is 2. The van der Waals surface area contributed by atoms with Gasteiger partial charge < -0.3 is 15.7 Å². The molecule has 0 radical (unpaired) electrons. The Morgan fingerprint density at radius 2 is 1.79 bits per heavy atom. The Morgan fingerprint density at radius 1 is 1.16 bits per heavy atom. The van der Waals surface area contributed by atoms with Gasteiger partial charge in [-0.25, -0.2) is 4.79 Å². The van der Waals surface area contributed by atoms with Gasteiger partial charge in [-0.2, -0.15) is 0 Å². The van der Waals surface area contributed by atoms with E-state index in [1.165, 1.54) is 0 Å². The van der Waals surface area contributed by atoms with E-state index in [-0.39, 0.29) is 12.5 Å². The molecule has 5 nitrogen and oxygen atoms in total. The molecular weight excluding hydrogens is 244 g/mol. The van der Waals surface area contributed by atoms with E-state index in [0.717, 1.165) is 25.7 Å². The van der Waals surface area contributed by atoms with Crippen LogP contribution in [-0.4, -0.2) is 22.6 Å². The van der Waals surface area contributed by atoms with E-state index in [2.05, 4.69) is 10.6 Å². The first-order chi connectivity index (χ1) is 9.10. The van der Waals surface area contributed by atoms with Gasteiger partial charge in [0.2, 0.25) is 0 Å². The highest BCUT2D eigenvalue weighted by molar-refractivity contribution is 5.90. The lowest BCUT2D eigenvalue weighted by molar-refractivity contribution is -0.138. The van der Waals surface area contributed by atoms with Crippen molar-refractivity contribution in [3.8, 4) is 0 Å². The minimum atomic E-state index is -0.873. The molecule has 1 fully saturated rings. The highest BCUT2D eigenvalue weighted by Gasteiger charge is 2.37. The number of para-hydroxylation sites is 1. The molecule has 1 aliphatic rings. The summed E-state index contributed by atoms with van der Waals surface area (Å²) in [6.07, 6.45) is 3.34. The number of carbonyl (C=O) groups is 2. The zero-order valence-corrected chi connectivity index (χ0v) is 10.7. The maximum atomic E-state index is 11.9. The predicted octanol–water partition coefficient (Wildman–Crippen LogP) is 2.60. The number of carboxylic acids is 1. The third-order valence-electron chi connectivity index (χ3n) is 3.46. The second-order valence-electron chi connectivity index (χ2n) is 5.00. The second-order valence-corrected chi connectivity index (χ2v) is 5.00. The van der Waals surface area contributed by atoms with Crippen molar-refractivity contribution in [3.05, 3.63) is 30.3 Å². The van der Waals surface area contributed by atoms with Crippen LogP contribution in [0, 0.1) is 0 Å². The minimum Gasteiger partial charge on any atom is -0.481 e. The summed E-state index contributed by atoms with van der Waals surface area (Å²) in [5, 5.41) is 14.5. The molecule has 3 N–H and O–H groups in total. The van der Waals surface area contributed by atoms with Crippen molar-refractivity contribution in [2.75, 3.05) is 5.32 Å². The van der Waals surface area contributed by atoms with Gasteiger partial charge in [0.15, 0.2) is 0 Å². The van der Waals surface area contributed by atoms with Crippen molar-refractivity contribution in [2.24, 2.45) is 0 Å². The number of rotatable bonds is 4. The van der Waals surface area contributed by atoms with Gasteiger partial charge in [0.1, 0.15) is 0 Å². The fraction of sp³-hybridized carbons (Fsp3) is 0.429. The molecule has 19 heavy (non-hydrogen) atoms. The van der Waals surface area contributed by atoms with Crippen LogP contribution in [0.3, 0.4) is 0 Å². The second kappa shape index (κ2) is 5.73. The Kier molecular flexibility index (Phi) is 4.04. The zero-order chi connectivity index (χ0) is 13.7. The molecule has 5 heteroatoms. The van der Waals surface area contributed by atoms with Crippen LogP contribution in [0.5, 0.6) is 0 Å². The Hall–Kier alpha value is -2.04. The molecule has 1 saturated carbocycles. The van der Waals surface area contributed by atoms with Crippen molar-refractivity contribution in [2.45, 2.75) is 37.6 Å². The van der Waals surface area contributed by atoms with Gasteiger partial charge in [0, 0.05) is 5.69 Å². The first kappa shape index (κ1) is 13.4. The normalized spacial score (nSPS) is 16.8. The summed E-state index contributed by atoms with van der Waals surface area (Å²) in [4.78, 5) is 22.9. The molecule has 0 unspecified atom stereocenters. The molecule has 2 rings (SSSR count). The summed E-state index contributed by atoms with van der Waals surface area (Å²) in [5.41, 5.74) is 0.105.